The second-order valence-electron chi connectivity index (χ2n) is 4.11. The van der Waals surface area contributed by atoms with E-state index in [1.54, 1.807) is 14.2 Å². The summed E-state index contributed by atoms with van der Waals surface area (Å²) in [5, 5.41) is 0.916. The van der Waals surface area contributed by atoms with Gasteiger partial charge in [0.05, 0.1) is 11.9 Å². The molecule has 2 aliphatic rings. The molecule has 0 N–H and O–H groups in total. The van der Waals surface area contributed by atoms with Crippen LogP contribution >= 0.6 is 11.8 Å². The minimum absolute atomic E-state index is 0.178. The van der Waals surface area contributed by atoms with Gasteiger partial charge in [0.15, 0.2) is 0 Å². The van der Waals surface area contributed by atoms with Crippen LogP contribution in [0.2, 0.25) is 0 Å². The van der Waals surface area contributed by atoms with Gasteiger partial charge < -0.3 is 14.2 Å². The van der Waals surface area contributed by atoms with Crippen molar-refractivity contribution in [1.29, 1.82) is 0 Å². The van der Waals surface area contributed by atoms with Gasteiger partial charge in [-0.3, -0.25) is 0 Å². The lowest BCUT2D eigenvalue weighted by atomic mass is 9.90. The molecule has 5 heteroatoms. The van der Waals surface area contributed by atoms with Crippen LogP contribution < -0.4 is 0 Å². The van der Waals surface area contributed by atoms with Crippen LogP contribution in [0.25, 0.3) is 0 Å². The molecular weight excluding hydrogens is 199 g/mol. The molecule has 2 aliphatic heterocycles. The molecule has 0 aromatic rings. The van der Waals surface area contributed by atoms with Gasteiger partial charge in [-0.25, -0.2) is 0 Å². The third kappa shape index (κ3) is 1.26. The molecule has 0 aromatic heterocycles. The van der Waals surface area contributed by atoms with Gasteiger partial charge in [-0.15, -0.1) is 11.8 Å². The Morgan fingerprint density at radius 1 is 1.50 bits per heavy atom. The lowest BCUT2D eigenvalue weighted by molar-refractivity contribution is -0.111. The Morgan fingerprint density at radius 3 is 2.79 bits per heavy atom. The maximum absolute atomic E-state index is 6.03. The third-order valence-electron chi connectivity index (χ3n) is 3.32. The van der Waals surface area contributed by atoms with E-state index < -0.39 is 0 Å². The SMILES string of the molecule is B[C@@H]1O[C@@]2(COC)C(C)SC1[C@H]2OC. The Morgan fingerprint density at radius 2 is 2.21 bits per heavy atom. The predicted octanol–water partition coefficient (Wildman–Crippen LogP) is -0.120. The van der Waals surface area contributed by atoms with E-state index >= 15 is 0 Å². The van der Waals surface area contributed by atoms with Crippen molar-refractivity contribution in [3.8, 4) is 0 Å². The fourth-order valence-electron chi connectivity index (χ4n) is 2.66. The molecule has 2 heterocycles. The minimum Gasteiger partial charge on any atom is -0.382 e. The predicted molar refractivity (Wildman–Crippen MR) is 59.7 cm³/mol. The average molecular weight is 216 g/mol. The lowest BCUT2D eigenvalue weighted by Crippen LogP contribution is -2.49. The van der Waals surface area contributed by atoms with Crippen molar-refractivity contribution in [3.63, 3.8) is 0 Å². The fraction of sp³-hybridized carbons (Fsp3) is 1.00. The summed E-state index contributed by atoms with van der Waals surface area (Å²) in [4.78, 5) is 0. The van der Waals surface area contributed by atoms with Crippen LogP contribution in [0.15, 0.2) is 0 Å². The molecule has 2 fully saturated rings. The van der Waals surface area contributed by atoms with Gasteiger partial charge in [0.2, 0.25) is 0 Å². The van der Waals surface area contributed by atoms with Gasteiger partial charge >= 0.3 is 0 Å². The smallest absolute Gasteiger partial charge is 0.140 e. The van der Waals surface area contributed by atoms with Crippen molar-refractivity contribution >= 4 is 19.6 Å². The highest BCUT2D eigenvalue weighted by molar-refractivity contribution is 8.01. The normalized spacial score (nSPS) is 51.4. The first-order chi connectivity index (χ1) is 6.65. The monoisotopic (exact) mass is 216 g/mol. The van der Waals surface area contributed by atoms with Crippen LogP contribution in [0.3, 0.4) is 0 Å². The molecule has 0 radical (unpaired) electrons. The number of fused-ring (bicyclic) bond motifs is 2. The van der Waals surface area contributed by atoms with Crippen molar-refractivity contribution in [3.05, 3.63) is 0 Å². The third-order valence-corrected chi connectivity index (χ3v) is 5.07. The number of methoxy groups -OCH3 is 2. The van der Waals surface area contributed by atoms with E-state index in [-0.39, 0.29) is 17.7 Å². The molecule has 2 saturated heterocycles. The molecule has 0 amide bonds. The van der Waals surface area contributed by atoms with Crippen molar-refractivity contribution in [1.82, 2.24) is 0 Å². The van der Waals surface area contributed by atoms with Gasteiger partial charge in [0.25, 0.3) is 0 Å². The Hall–Kier alpha value is 0.295. The number of hydrogen-bond acceptors (Lipinski definition) is 4. The van der Waals surface area contributed by atoms with Crippen LogP contribution in [0.5, 0.6) is 0 Å². The first-order valence-electron chi connectivity index (χ1n) is 5.00. The molecule has 0 aromatic carbocycles. The molecule has 5 atom stereocenters. The standard InChI is InChI=1S/C9H17BO3S/c1-5-9(4-11-2)7(12-3)6(14-5)8(10)13-9/h5-8H,4,10H2,1-3H3/t5?,6?,7-,8-,9+/m1/s1. The first-order valence-corrected chi connectivity index (χ1v) is 5.95. The average Bonchev–Trinajstić information content (AvgIpc) is 2.54. The highest BCUT2D eigenvalue weighted by Gasteiger charge is 2.63. The highest BCUT2D eigenvalue weighted by Crippen LogP contribution is 2.52. The van der Waals surface area contributed by atoms with E-state index in [0.717, 1.165) is 0 Å². The summed E-state index contributed by atoms with van der Waals surface area (Å²) >= 11 is 1.96. The Bertz CT molecular complexity index is 228. The zero-order valence-electron chi connectivity index (χ0n) is 9.15. The molecule has 0 saturated carbocycles. The van der Waals surface area contributed by atoms with Crippen LogP contribution in [0.1, 0.15) is 6.92 Å². The summed E-state index contributed by atoms with van der Waals surface area (Å²) in [6.45, 7) is 2.82. The molecule has 80 valence electrons. The molecule has 2 rings (SSSR count). The Labute approximate surface area is 90.3 Å². The fourth-order valence-corrected chi connectivity index (χ4v) is 4.38. The van der Waals surface area contributed by atoms with Crippen LogP contribution in [0, 0.1) is 0 Å². The second-order valence-corrected chi connectivity index (χ2v) is 5.63. The van der Waals surface area contributed by atoms with E-state index in [2.05, 4.69) is 14.8 Å². The first kappa shape index (κ1) is 10.8. The summed E-state index contributed by atoms with van der Waals surface area (Å²) in [6, 6.07) is 0.274. The van der Waals surface area contributed by atoms with E-state index in [4.69, 9.17) is 14.2 Å². The maximum atomic E-state index is 6.03. The Kier molecular flexibility index (Phi) is 2.86. The van der Waals surface area contributed by atoms with E-state index in [1.807, 2.05) is 11.8 Å². The maximum Gasteiger partial charge on any atom is 0.140 e. The van der Waals surface area contributed by atoms with E-state index in [1.165, 1.54) is 0 Å². The van der Waals surface area contributed by atoms with Gasteiger partial charge in [-0.1, -0.05) is 6.92 Å². The number of ether oxygens (including phenoxy) is 3. The van der Waals surface area contributed by atoms with Crippen LogP contribution in [0.4, 0.5) is 0 Å². The summed E-state index contributed by atoms with van der Waals surface area (Å²) < 4.78 is 16.9. The van der Waals surface area contributed by atoms with Gasteiger partial charge in [-0.2, -0.15) is 0 Å². The summed E-state index contributed by atoms with van der Waals surface area (Å²) in [5.74, 6) is 0. The zero-order chi connectivity index (χ0) is 10.3. The number of hydrogen-bond donors (Lipinski definition) is 0. The largest absolute Gasteiger partial charge is 0.382 e. The van der Waals surface area contributed by atoms with Crippen LogP contribution in [-0.4, -0.2) is 56.9 Å². The van der Waals surface area contributed by atoms with E-state index in [9.17, 15) is 0 Å². The molecule has 2 bridgehead atoms. The molecular formula is C9H17BO3S. The summed E-state index contributed by atoms with van der Waals surface area (Å²) in [5.41, 5.74) is -0.224. The quantitative estimate of drug-likeness (QED) is 0.615. The number of thioether (sulfide) groups is 1. The van der Waals surface area contributed by atoms with E-state index in [0.29, 0.717) is 17.1 Å². The highest BCUT2D eigenvalue weighted by atomic mass is 32.2. The zero-order valence-corrected chi connectivity index (χ0v) is 9.97. The molecule has 0 spiro atoms. The second kappa shape index (κ2) is 3.70. The molecule has 0 aliphatic carbocycles. The molecule has 3 nitrogen and oxygen atoms in total. The van der Waals surface area contributed by atoms with Crippen LogP contribution in [-0.2, 0) is 14.2 Å². The minimum atomic E-state index is -0.224. The topological polar surface area (TPSA) is 27.7 Å². The van der Waals surface area contributed by atoms with Crippen molar-refractivity contribution < 1.29 is 14.2 Å². The van der Waals surface area contributed by atoms with Gasteiger partial charge in [-0.05, 0) is 0 Å². The van der Waals surface area contributed by atoms with Gasteiger partial charge in [0, 0.05) is 25.5 Å². The van der Waals surface area contributed by atoms with Crippen molar-refractivity contribution in [2.75, 3.05) is 20.8 Å². The Balaban J connectivity index is 2.25. The van der Waals surface area contributed by atoms with Crippen molar-refractivity contribution in [2.24, 2.45) is 0 Å². The number of rotatable bonds is 3. The molecule has 2 unspecified atom stereocenters. The summed E-state index contributed by atoms with van der Waals surface area (Å²) in [6.07, 6.45) is 0.178. The lowest BCUT2D eigenvalue weighted by Gasteiger charge is -2.35. The van der Waals surface area contributed by atoms with Gasteiger partial charge in [0.1, 0.15) is 19.6 Å². The molecule has 14 heavy (non-hydrogen) atoms. The van der Waals surface area contributed by atoms with Crippen molar-refractivity contribution in [2.45, 2.75) is 35.1 Å². The summed E-state index contributed by atoms with van der Waals surface area (Å²) in [7, 11) is 5.60.